The van der Waals surface area contributed by atoms with Gasteiger partial charge in [-0.15, -0.1) is 0 Å². The van der Waals surface area contributed by atoms with E-state index in [4.69, 9.17) is 37.0 Å². The summed E-state index contributed by atoms with van der Waals surface area (Å²) in [4.78, 5) is 72.1. The van der Waals surface area contributed by atoms with Crippen LogP contribution in [-0.4, -0.2) is 96.7 Å². The Kier molecular flexibility index (Phi) is 55.0. The number of phosphoric ester groups is 2. The number of carbonyl (C=O) groups is 4. The van der Waals surface area contributed by atoms with Gasteiger partial charge in [-0.3, -0.25) is 37.3 Å². The molecule has 0 aliphatic carbocycles. The molecule has 84 heavy (non-hydrogen) atoms. The third-order valence-electron chi connectivity index (χ3n) is 15.2. The topological polar surface area (TPSA) is 237 Å². The first-order chi connectivity index (χ1) is 40.3. The van der Waals surface area contributed by atoms with Crippen molar-refractivity contribution in [2.75, 3.05) is 39.6 Å². The van der Waals surface area contributed by atoms with Crippen LogP contribution in [0, 0.1) is 17.8 Å². The molecular weight excluding hydrogens is 1110 g/mol. The SMILES string of the molecule is CCCCCCCCCC(=O)OC[C@H](COP(=O)(O)OC[C@H](O)COP(=O)(O)OC[C@@H](COC(=O)CCCCCCCCCCCCC(C)CC)OC(=O)CCCCCCCCCCCCCC(C)C)OC(=O)CCCCCCCCC(C)C. The largest absolute Gasteiger partial charge is 0.472 e. The highest BCUT2D eigenvalue weighted by Gasteiger charge is 2.30. The number of ether oxygens (including phenoxy) is 4. The molecule has 0 fully saturated rings. The van der Waals surface area contributed by atoms with Crippen LogP contribution < -0.4 is 0 Å². The molecule has 0 bridgehead atoms. The third kappa shape index (κ3) is 57.8. The maximum Gasteiger partial charge on any atom is 0.472 e. The van der Waals surface area contributed by atoms with Gasteiger partial charge in [-0.05, 0) is 43.4 Å². The lowest BCUT2D eigenvalue weighted by Gasteiger charge is -2.21. The van der Waals surface area contributed by atoms with E-state index in [9.17, 15) is 43.2 Å². The van der Waals surface area contributed by atoms with Crippen LogP contribution in [0.3, 0.4) is 0 Å². The molecule has 0 heterocycles. The maximum absolute atomic E-state index is 13.0. The molecule has 6 atom stereocenters. The number of hydrogen-bond acceptors (Lipinski definition) is 15. The predicted octanol–water partition coefficient (Wildman–Crippen LogP) is 17.9. The average molecular weight is 1240 g/mol. The molecule has 0 radical (unpaired) electrons. The minimum atomic E-state index is -4.95. The highest BCUT2D eigenvalue weighted by Crippen LogP contribution is 2.45. The van der Waals surface area contributed by atoms with Crippen LogP contribution in [0.4, 0.5) is 0 Å². The van der Waals surface area contributed by atoms with Gasteiger partial charge in [-0.25, -0.2) is 9.13 Å². The summed E-state index contributed by atoms with van der Waals surface area (Å²) in [5.74, 6) is 0.103. The van der Waals surface area contributed by atoms with Crippen LogP contribution in [0.1, 0.15) is 318 Å². The standard InChI is InChI=1S/C65H126O17P2/c1-8-10-11-12-22-32-39-46-62(67)75-52-61(82-65(70)49-42-35-28-27-30-37-44-57(5)6)55-80-84(73,74)78-51-59(66)50-77-83(71,72)79-54-60(81-64(69)48-41-34-26-21-15-13-14-18-23-29-36-43-56(3)4)53-76-63(68)47-40-33-25-20-17-16-19-24-31-38-45-58(7)9-2/h56-61,66H,8-55H2,1-7H3,(H,71,72)(H,73,74)/t58?,59-,60-,61-/m1/s1. The predicted molar refractivity (Wildman–Crippen MR) is 335 cm³/mol. The molecule has 0 spiro atoms. The molecule has 17 nitrogen and oxygen atoms in total. The lowest BCUT2D eigenvalue weighted by Crippen LogP contribution is -2.30. The fourth-order valence-electron chi connectivity index (χ4n) is 9.62. The summed E-state index contributed by atoms with van der Waals surface area (Å²) in [6.07, 6.45) is 37.8. The van der Waals surface area contributed by atoms with Gasteiger partial charge in [0.25, 0.3) is 0 Å². The van der Waals surface area contributed by atoms with E-state index < -0.39 is 97.5 Å². The molecule has 0 saturated heterocycles. The average Bonchev–Trinajstić information content (AvgIpc) is 3.48. The van der Waals surface area contributed by atoms with Gasteiger partial charge in [-0.1, -0.05) is 267 Å². The van der Waals surface area contributed by atoms with E-state index in [2.05, 4.69) is 48.5 Å². The van der Waals surface area contributed by atoms with Crippen LogP contribution >= 0.6 is 15.6 Å². The number of hydrogen-bond donors (Lipinski definition) is 3. The Balaban J connectivity index is 5.22. The number of phosphoric acid groups is 2. The Hall–Kier alpha value is -1.94. The summed E-state index contributed by atoms with van der Waals surface area (Å²) in [7, 11) is -9.89. The summed E-state index contributed by atoms with van der Waals surface area (Å²) >= 11 is 0. The van der Waals surface area contributed by atoms with Crippen molar-refractivity contribution in [3.63, 3.8) is 0 Å². The molecule has 19 heteroatoms. The molecule has 0 aromatic heterocycles. The Labute approximate surface area is 511 Å². The van der Waals surface area contributed by atoms with Gasteiger partial charge in [0.15, 0.2) is 12.2 Å². The van der Waals surface area contributed by atoms with E-state index in [0.717, 1.165) is 115 Å². The van der Waals surface area contributed by atoms with E-state index in [1.165, 1.54) is 116 Å². The number of carbonyl (C=O) groups excluding carboxylic acids is 4. The monoisotopic (exact) mass is 1240 g/mol. The van der Waals surface area contributed by atoms with Crippen LogP contribution in [0.15, 0.2) is 0 Å². The van der Waals surface area contributed by atoms with Gasteiger partial charge in [0.2, 0.25) is 0 Å². The van der Waals surface area contributed by atoms with Crippen molar-refractivity contribution in [1.29, 1.82) is 0 Å². The first-order valence-corrected chi connectivity index (χ1v) is 36.9. The number of aliphatic hydroxyl groups is 1. The maximum atomic E-state index is 13.0. The van der Waals surface area contributed by atoms with Gasteiger partial charge < -0.3 is 33.8 Å². The van der Waals surface area contributed by atoms with E-state index in [0.29, 0.717) is 31.6 Å². The normalized spacial score (nSPS) is 14.7. The van der Waals surface area contributed by atoms with Crippen LogP contribution in [0.2, 0.25) is 0 Å². The zero-order valence-corrected chi connectivity index (χ0v) is 56.1. The van der Waals surface area contributed by atoms with Gasteiger partial charge in [-0.2, -0.15) is 0 Å². The van der Waals surface area contributed by atoms with Crippen LogP contribution in [0.25, 0.3) is 0 Å². The fraction of sp³-hybridized carbons (Fsp3) is 0.938. The van der Waals surface area contributed by atoms with E-state index in [1.807, 2.05) is 0 Å². The second-order valence-corrected chi connectivity index (χ2v) is 27.6. The van der Waals surface area contributed by atoms with Gasteiger partial charge in [0.1, 0.15) is 19.3 Å². The molecular formula is C65H126O17P2. The summed E-state index contributed by atoms with van der Waals surface area (Å²) in [5.41, 5.74) is 0. The Morgan fingerprint density at radius 1 is 0.345 bits per heavy atom. The fourth-order valence-corrected chi connectivity index (χ4v) is 11.2. The van der Waals surface area contributed by atoms with E-state index >= 15 is 0 Å². The minimum Gasteiger partial charge on any atom is -0.462 e. The van der Waals surface area contributed by atoms with Crippen LogP contribution in [0.5, 0.6) is 0 Å². The molecule has 0 amide bonds. The number of aliphatic hydroxyl groups excluding tert-OH is 1. The van der Waals surface area contributed by atoms with E-state index in [-0.39, 0.29) is 25.7 Å². The van der Waals surface area contributed by atoms with Crippen molar-refractivity contribution < 1.29 is 80.2 Å². The van der Waals surface area contributed by atoms with Gasteiger partial charge in [0.05, 0.1) is 26.4 Å². The summed E-state index contributed by atoms with van der Waals surface area (Å²) in [5, 5.41) is 10.5. The van der Waals surface area contributed by atoms with Crippen molar-refractivity contribution in [3.8, 4) is 0 Å². The zero-order chi connectivity index (χ0) is 62.4. The van der Waals surface area contributed by atoms with Crippen molar-refractivity contribution >= 4 is 39.5 Å². The van der Waals surface area contributed by atoms with Crippen LogP contribution in [-0.2, 0) is 65.4 Å². The Bertz CT molecular complexity index is 1670. The molecule has 0 aliphatic heterocycles. The minimum absolute atomic E-state index is 0.101. The van der Waals surface area contributed by atoms with Crippen molar-refractivity contribution in [1.82, 2.24) is 0 Å². The first kappa shape index (κ1) is 82.1. The zero-order valence-electron chi connectivity index (χ0n) is 54.4. The Morgan fingerprint density at radius 3 is 0.905 bits per heavy atom. The highest BCUT2D eigenvalue weighted by molar-refractivity contribution is 7.47. The molecule has 3 unspecified atom stereocenters. The Morgan fingerprint density at radius 2 is 0.607 bits per heavy atom. The molecule has 0 rings (SSSR count). The lowest BCUT2D eigenvalue weighted by atomic mass is 9.99. The number of rotatable bonds is 63. The summed E-state index contributed by atoms with van der Waals surface area (Å²) in [6.45, 7) is 11.7. The third-order valence-corrected chi connectivity index (χ3v) is 17.1. The van der Waals surface area contributed by atoms with Gasteiger partial charge >= 0.3 is 39.5 Å². The molecule has 0 aromatic rings. The number of esters is 4. The first-order valence-electron chi connectivity index (χ1n) is 33.9. The lowest BCUT2D eigenvalue weighted by molar-refractivity contribution is -0.161. The van der Waals surface area contributed by atoms with Crippen molar-refractivity contribution in [2.24, 2.45) is 17.8 Å². The quantitative estimate of drug-likeness (QED) is 0.0222. The van der Waals surface area contributed by atoms with E-state index in [1.54, 1.807) is 0 Å². The molecule has 498 valence electrons. The highest BCUT2D eigenvalue weighted by atomic mass is 31.2. The summed E-state index contributed by atoms with van der Waals surface area (Å²) in [6, 6.07) is 0. The molecule has 0 aliphatic rings. The smallest absolute Gasteiger partial charge is 0.462 e. The second-order valence-electron chi connectivity index (χ2n) is 24.7. The molecule has 3 N–H and O–H groups in total. The summed E-state index contributed by atoms with van der Waals surface area (Å²) < 4.78 is 67.9. The van der Waals surface area contributed by atoms with Crippen molar-refractivity contribution in [2.45, 2.75) is 336 Å². The van der Waals surface area contributed by atoms with Gasteiger partial charge in [0, 0.05) is 25.7 Å². The molecule has 0 aromatic carbocycles. The second kappa shape index (κ2) is 56.3. The van der Waals surface area contributed by atoms with Crippen molar-refractivity contribution in [3.05, 3.63) is 0 Å². The molecule has 0 saturated carbocycles. The number of unbranched alkanes of at least 4 members (excludes halogenated alkanes) is 30.